The van der Waals surface area contributed by atoms with Gasteiger partial charge in [0.15, 0.2) is 0 Å². The molecule has 0 fully saturated rings. The lowest BCUT2D eigenvalue weighted by Crippen LogP contribution is -2.37. The molecule has 0 aliphatic carbocycles. The van der Waals surface area contributed by atoms with Crippen LogP contribution in [0.15, 0.2) is 84.9 Å². The first kappa shape index (κ1) is 22.1. The first-order valence-electron chi connectivity index (χ1n) is 10.6. The SMILES string of the molecule is CCN(c1ccc(NC(=O)C(NC(=O)c2ccccc2)c2ccccc2)cc1)C(C)C. The Hall–Kier alpha value is -3.60. The van der Waals surface area contributed by atoms with Crippen LogP contribution in [0.4, 0.5) is 11.4 Å². The summed E-state index contributed by atoms with van der Waals surface area (Å²) in [6.45, 7) is 7.33. The highest BCUT2D eigenvalue weighted by atomic mass is 16.2. The standard InChI is InChI=1S/C26H29N3O2/c1-4-29(19(2)3)23-17-15-22(16-18-23)27-26(31)24(20-11-7-5-8-12-20)28-25(30)21-13-9-6-10-14-21/h5-19,24H,4H2,1-3H3,(H,27,31)(H,28,30). The molecule has 0 radical (unpaired) electrons. The van der Waals surface area contributed by atoms with Gasteiger partial charge in [-0.15, -0.1) is 0 Å². The molecular formula is C26H29N3O2. The molecule has 3 aromatic rings. The lowest BCUT2D eigenvalue weighted by Gasteiger charge is -2.27. The maximum Gasteiger partial charge on any atom is 0.252 e. The van der Waals surface area contributed by atoms with Crippen LogP contribution in [-0.2, 0) is 4.79 Å². The number of nitrogens with zero attached hydrogens (tertiary/aromatic N) is 1. The van der Waals surface area contributed by atoms with Crippen molar-refractivity contribution in [2.75, 3.05) is 16.8 Å². The fraction of sp³-hybridized carbons (Fsp3) is 0.231. The molecule has 5 heteroatoms. The Bertz CT molecular complexity index is 986. The number of anilines is 2. The van der Waals surface area contributed by atoms with Gasteiger partial charge in [-0.1, -0.05) is 48.5 Å². The van der Waals surface area contributed by atoms with Crippen LogP contribution in [0.1, 0.15) is 42.7 Å². The summed E-state index contributed by atoms with van der Waals surface area (Å²) in [6, 6.07) is 25.5. The molecular weight excluding hydrogens is 386 g/mol. The fourth-order valence-corrected chi connectivity index (χ4v) is 3.55. The highest BCUT2D eigenvalue weighted by molar-refractivity contribution is 6.01. The topological polar surface area (TPSA) is 61.4 Å². The van der Waals surface area contributed by atoms with Crippen molar-refractivity contribution < 1.29 is 9.59 Å². The number of carbonyl (C=O) groups excluding carboxylic acids is 2. The molecule has 2 N–H and O–H groups in total. The van der Waals surface area contributed by atoms with Crippen molar-refractivity contribution in [3.05, 3.63) is 96.1 Å². The van der Waals surface area contributed by atoms with E-state index in [-0.39, 0.29) is 11.8 Å². The summed E-state index contributed by atoms with van der Waals surface area (Å²) >= 11 is 0. The van der Waals surface area contributed by atoms with E-state index in [2.05, 4.69) is 36.3 Å². The second-order valence-electron chi connectivity index (χ2n) is 7.60. The molecule has 31 heavy (non-hydrogen) atoms. The fourth-order valence-electron chi connectivity index (χ4n) is 3.55. The predicted molar refractivity (Wildman–Crippen MR) is 126 cm³/mol. The third-order valence-corrected chi connectivity index (χ3v) is 5.14. The molecule has 1 unspecified atom stereocenters. The van der Waals surface area contributed by atoms with E-state index in [9.17, 15) is 9.59 Å². The summed E-state index contributed by atoms with van der Waals surface area (Å²) in [5.74, 6) is -0.588. The molecule has 0 saturated carbocycles. The Kier molecular flexibility index (Phi) is 7.44. The zero-order valence-corrected chi connectivity index (χ0v) is 18.2. The number of carbonyl (C=O) groups is 2. The zero-order chi connectivity index (χ0) is 22.2. The van der Waals surface area contributed by atoms with Crippen molar-refractivity contribution in [1.29, 1.82) is 0 Å². The Morgan fingerprint density at radius 1 is 0.839 bits per heavy atom. The van der Waals surface area contributed by atoms with Crippen molar-refractivity contribution in [1.82, 2.24) is 5.32 Å². The maximum atomic E-state index is 13.1. The Labute approximate surface area is 184 Å². The number of hydrogen-bond donors (Lipinski definition) is 2. The van der Waals surface area contributed by atoms with E-state index >= 15 is 0 Å². The van der Waals surface area contributed by atoms with E-state index in [0.29, 0.717) is 17.3 Å². The van der Waals surface area contributed by atoms with Crippen LogP contribution >= 0.6 is 0 Å². The van der Waals surface area contributed by atoms with E-state index in [1.807, 2.05) is 60.7 Å². The van der Waals surface area contributed by atoms with Crippen molar-refractivity contribution in [2.45, 2.75) is 32.9 Å². The van der Waals surface area contributed by atoms with Crippen molar-refractivity contribution in [3.8, 4) is 0 Å². The van der Waals surface area contributed by atoms with Gasteiger partial charge in [-0.25, -0.2) is 0 Å². The molecule has 0 aliphatic heterocycles. The van der Waals surface area contributed by atoms with Gasteiger partial charge in [0.2, 0.25) is 0 Å². The quantitative estimate of drug-likeness (QED) is 0.542. The van der Waals surface area contributed by atoms with Crippen LogP contribution in [-0.4, -0.2) is 24.4 Å². The lowest BCUT2D eigenvalue weighted by atomic mass is 10.0. The summed E-state index contributed by atoms with van der Waals surface area (Å²) in [5.41, 5.74) is 3.02. The Morgan fingerprint density at radius 2 is 1.42 bits per heavy atom. The minimum Gasteiger partial charge on any atom is -0.369 e. The van der Waals surface area contributed by atoms with Crippen LogP contribution in [0.3, 0.4) is 0 Å². The van der Waals surface area contributed by atoms with E-state index in [4.69, 9.17) is 0 Å². The first-order chi connectivity index (χ1) is 15.0. The van der Waals surface area contributed by atoms with Gasteiger partial charge in [-0.2, -0.15) is 0 Å². The van der Waals surface area contributed by atoms with Gasteiger partial charge < -0.3 is 15.5 Å². The largest absolute Gasteiger partial charge is 0.369 e. The smallest absolute Gasteiger partial charge is 0.252 e. The van der Waals surface area contributed by atoms with E-state index in [1.54, 1.807) is 24.3 Å². The van der Waals surface area contributed by atoms with Crippen LogP contribution in [0.5, 0.6) is 0 Å². The minimum absolute atomic E-state index is 0.292. The van der Waals surface area contributed by atoms with E-state index in [0.717, 1.165) is 17.8 Å². The minimum atomic E-state index is -0.809. The summed E-state index contributed by atoms with van der Waals surface area (Å²) in [4.78, 5) is 28.1. The molecule has 3 rings (SSSR count). The summed E-state index contributed by atoms with van der Waals surface area (Å²) in [7, 11) is 0. The molecule has 1 atom stereocenters. The van der Waals surface area contributed by atoms with Gasteiger partial charge in [0.1, 0.15) is 6.04 Å². The molecule has 0 aliphatic rings. The van der Waals surface area contributed by atoms with E-state index < -0.39 is 6.04 Å². The number of hydrogen-bond acceptors (Lipinski definition) is 3. The molecule has 0 aromatic heterocycles. The zero-order valence-electron chi connectivity index (χ0n) is 18.2. The van der Waals surface area contributed by atoms with Crippen molar-refractivity contribution in [3.63, 3.8) is 0 Å². The average molecular weight is 416 g/mol. The monoisotopic (exact) mass is 415 g/mol. The van der Waals surface area contributed by atoms with Gasteiger partial charge in [0.25, 0.3) is 11.8 Å². The molecule has 160 valence electrons. The number of benzene rings is 3. The summed E-state index contributed by atoms with van der Waals surface area (Å²) in [6.07, 6.45) is 0. The third-order valence-electron chi connectivity index (χ3n) is 5.14. The highest BCUT2D eigenvalue weighted by Gasteiger charge is 2.23. The maximum absolute atomic E-state index is 13.1. The van der Waals surface area contributed by atoms with Gasteiger partial charge in [-0.05, 0) is 62.7 Å². The highest BCUT2D eigenvalue weighted by Crippen LogP contribution is 2.22. The van der Waals surface area contributed by atoms with Crippen molar-refractivity contribution in [2.24, 2.45) is 0 Å². The molecule has 0 spiro atoms. The third kappa shape index (κ3) is 5.72. The molecule has 0 heterocycles. The molecule has 0 bridgehead atoms. The van der Waals surface area contributed by atoms with Crippen molar-refractivity contribution >= 4 is 23.2 Å². The van der Waals surface area contributed by atoms with Gasteiger partial charge in [-0.3, -0.25) is 9.59 Å². The normalized spacial score (nSPS) is 11.6. The lowest BCUT2D eigenvalue weighted by molar-refractivity contribution is -0.118. The summed E-state index contributed by atoms with van der Waals surface area (Å²) in [5, 5.41) is 5.80. The predicted octanol–water partition coefficient (Wildman–Crippen LogP) is 5.03. The second kappa shape index (κ2) is 10.4. The Balaban J connectivity index is 1.78. The molecule has 3 aromatic carbocycles. The van der Waals surface area contributed by atoms with Gasteiger partial charge in [0.05, 0.1) is 0 Å². The van der Waals surface area contributed by atoms with Crippen LogP contribution in [0.2, 0.25) is 0 Å². The Morgan fingerprint density at radius 3 is 1.97 bits per heavy atom. The van der Waals surface area contributed by atoms with E-state index in [1.165, 1.54) is 0 Å². The summed E-state index contributed by atoms with van der Waals surface area (Å²) < 4.78 is 0. The second-order valence-corrected chi connectivity index (χ2v) is 7.60. The van der Waals surface area contributed by atoms with Crippen LogP contribution in [0.25, 0.3) is 0 Å². The van der Waals surface area contributed by atoms with Gasteiger partial charge in [0, 0.05) is 29.5 Å². The number of rotatable bonds is 8. The van der Waals surface area contributed by atoms with Gasteiger partial charge >= 0.3 is 0 Å². The molecule has 2 amide bonds. The number of amides is 2. The first-order valence-corrected chi connectivity index (χ1v) is 10.6. The number of nitrogens with one attached hydrogen (secondary N) is 2. The average Bonchev–Trinajstić information content (AvgIpc) is 2.79. The van der Waals surface area contributed by atoms with Crippen LogP contribution in [0, 0.1) is 0 Å². The molecule has 0 saturated heterocycles. The molecule has 5 nitrogen and oxygen atoms in total. The van der Waals surface area contributed by atoms with Crippen LogP contribution < -0.4 is 15.5 Å².